The second kappa shape index (κ2) is 7.62. The van der Waals surface area contributed by atoms with Crippen LogP contribution in [0, 0.1) is 0 Å². The largest absolute Gasteiger partial charge is 0.419 e. The minimum absolute atomic E-state index is 0.463. The summed E-state index contributed by atoms with van der Waals surface area (Å²) in [6.07, 6.45) is 2.33. The molecule has 1 saturated heterocycles. The van der Waals surface area contributed by atoms with Crippen LogP contribution in [0.25, 0.3) is 21.7 Å². The molecule has 0 bridgehead atoms. The van der Waals surface area contributed by atoms with Crippen molar-refractivity contribution in [2.45, 2.75) is 25.3 Å². The summed E-state index contributed by atoms with van der Waals surface area (Å²) in [6, 6.07) is 15.8. The maximum atomic E-state index is 5.95. The van der Waals surface area contributed by atoms with Crippen molar-refractivity contribution in [1.29, 1.82) is 0 Å². The third-order valence-corrected chi connectivity index (χ3v) is 6.53. The quantitative estimate of drug-likeness (QED) is 0.452. The minimum Gasteiger partial charge on any atom is -0.419 e. The van der Waals surface area contributed by atoms with Crippen LogP contribution in [0.5, 0.6) is 0 Å². The first-order valence-electron chi connectivity index (χ1n) is 9.41. The Morgan fingerprint density at radius 2 is 1.96 bits per heavy atom. The van der Waals surface area contributed by atoms with Crippen molar-refractivity contribution in [2.24, 2.45) is 0 Å². The van der Waals surface area contributed by atoms with E-state index < -0.39 is 0 Å². The molecule has 142 valence electrons. The van der Waals surface area contributed by atoms with Crippen molar-refractivity contribution in [3.05, 3.63) is 64.5 Å². The lowest BCUT2D eigenvalue weighted by molar-refractivity contribution is 0.184. The summed E-state index contributed by atoms with van der Waals surface area (Å²) in [7, 11) is 0. The van der Waals surface area contributed by atoms with Crippen LogP contribution < -0.4 is 0 Å². The average Bonchev–Trinajstić information content (AvgIpc) is 3.36. The number of halogens is 1. The SMILES string of the molecule is Clc1ccc(-c2nnc(CN3CCCC(c4nc5ccccc5s4)C3)o2)cc1. The van der Waals surface area contributed by atoms with Crippen LogP contribution in [-0.4, -0.2) is 33.2 Å². The first-order valence-corrected chi connectivity index (χ1v) is 10.6. The van der Waals surface area contributed by atoms with Crippen LogP contribution in [0.3, 0.4) is 0 Å². The van der Waals surface area contributed by atoms with Gasteiger partial charge in [0, 0.05) is 23.0 Å². The number of para-hydroxylation sites is 1. The van der Waals surface area contributed by atoms with E-state index in [1.807, 2.05) is 41.7 Å². The van der Waals surface area contributed by atoms with Crippen LogP contribution in [-0.2, 0) is 6.54 Å². The number of likely N-dealkylation sites (tertiary alicyclic amines) is 1. The van der Waals surface area contributed by atoms with Crippen molar-refractivity contribution in [1.82, 2.24) is 20.1 Å². The standard InChI is InChI=1S/C21H19ClN4OS/c22-16-9-7-14(8-10-16)20-25-24-19(27-20)13-26-11-3-4-15(12-26)21-23-17-5-1-2-6-18(17)28-21/h1-2,5-10,15H,3-4,11-13H2. The summed E-state index contributed by atoms with van der Waals surface area (Å²) < 4.78 is 7.14. The zero-order valence-electron chi connectivity index (χ0n) is 15.2. The Bertz CT molecular complexity index is 1060. The van der Waals surface area contributed by atoms with Crippen LogP contribution in [0.2, 0.25) is 5.02 Å². The molecule has 4 aromatic rings. The lowest BCUT2D eigenvalue weighted by Gasteiger charge is -2.30. The molecule has 1 fully saturated rings. The highest BCUT2D eigenvalue weighted by Gasteiger charge is 2.25. The van der Waals surface area contributed by atoms with Gasteiger partial charge in [-0.3, -0.25) is 4.90 Å². The molecular weight excluding hydrogens is 392 g/mol. The molecule has 0 saturated carbocycles. The molecule has 0 radical (unpaired) electrons. The molecule has 0 N–H and O–H groups in total. The predicted molar refractivity (Wildman–Crippen MR) is 112 cm³/mol. The number of hydrogen-bond acceptors (Lipinski definition) is 6. The van der Waals surface area contributed by atoms with Crippen molar-refractivity contribution < 1.29 is 4.42 Å². The van der Waals surface area contributed by atoms with E-state index in [0.717, 1.165) is 30.6 Å². The normalized spacial score (nSPS) is 18.0. The molecule has 0 amide bonds. The molecule has 2 aromatic heterocycles. The summed E-state index contributed by atoms with van der Waals surface area (Å²) in [5.41, 5.74) is 1.98. The van der Waals surface area contributed by atoms with Crippen molar-refractivity contribution in [3.8, 4) is 11.5 Å². The van der Waals surface area contributed by atoms with Gasteiger partial charge in [-0.25, -0.2) is 4.98 Å². The van der Waals surface area contributed by atoms with E-state index in [1.54, 1.807) is 0 Å². The van der Waals surface area contributed by atoms with Crippen molar-refractivity contribution >= 4 is 33.2 Å². The average molecular weight is 411 g/mol. The Labute approximate surface area is 172 Å². The molecule has 7 heteroatoms. The maximum Gasteiger partial charge on any atom is 0.247 e. The predicted octanol–water partition coefficient (Wildman–Crippen LogP) is 5.38. The first-order chi connectivity index (χ1) is 13.7. The number of rotatable bonds is 4. The molecule has 0 aliphatic carbocycles. The Hall–Kier alpha value is -2.28. The van der Waals surface area contributed by atoms with Gasteiger partial charge in [0.15, 0.2) is 0 Å². The summed E-state index contributed by atoms with van der Waals surface area (Å²) >= 11 is 7.76. The number of benzene rings is 2. The Balaban J connectivity index is 1.28. The highest BCUT2D eigenvalue weighted by molar-refractivity contribution is 7.18. The topological polar surface area (TPSA) is 55.1 Å². The van der Waals surface area contributed by atoms with E-state index in [0.29, 0.717) is 29.3 Å². The maximum absolute atomic E-state index is 5.95. The number of hydrogen-bond donors (Lipinski definition) is 0. The van der Waals surface area contributed by atoms with Gasteiger partial charge in [0.25, 0.3) is 0 Å². The smallest absolute Gasteiger partial charge is 0.247 e. The Kier molecular flexibility index (Phi) is 4.84. The molecule has 1 unspecified atom stereocenters. The van der Waals surface area contributed by atoms with Crippen LogP contribution in [0.15, 0.2) is 52.9 Å². The number of piperidine rings is 1. The first kappa shape index (κ1) is 17.8. The zero-order chi connectivity index (χ0) is 18.9. The number of aromatic nitrogens is 3. The summed E-state index contributed by atoms with van der Waals surface area (Å²) in [4.78, 5) is 7.25. The van der Waals surface area contributed by atoms with Gasteiger partial charge in [-0.2, -0.15) is 0 Å². The van der Waals surface area contributed by atoms with E-state index in [-0.39, 0.29) is 0 Å². The molecule has 0 spiro atoms. The highest BCUT2D eigenvalue weighted by Crippen LogP contribution is 2.33. The van der Waals surface area contributed by atoms with Gasteiger partial charge in [-0.1, -0.05) is 23.7 Å². The van der Waals surface area contributed by atoms with Gasteiger partial charge in [-0.05, 0) is 55.8 Å². The third-order valence-electron chi connectivity index (χ3n) is 5.08. The summed E-state index contributed by atoms with van der Waals surface area (Å²) in [6.45, 7) is 2.68. The van der Waals surface area contributed by atoms with E-state index in [4.69, 9.17) is 21.0 Å². The molecule has 2 aromatic carbocycles. The molecule has 5 rings (SSSR count). The third kappa shape index (κ3) is 3.68. The molecule has 5 nitrogen and oxygen atoms in total. The fourth-order valence-electron chi connectivity index (χ4n) is 3.68. The fourth-order valence-corrected chi connectivity index (χ4v) is 4.90. The van der Waals surface area contributed by atoms with Crippen molar-refractivity contribution in [3.63, 3.8) is 0 Å². The van der Waals surface area contributed by atoms with Gasteiger partial charge < -0.3 is 4.42 Å². The lowest BCUT2D eigenvalue weighted by atomic mass is 9.99. The van der Waals surface area contributed by atoms with Gasteiger partial charge in [0.1, 0.15) is 0 Å². The highest BCUT2D eigenvalue weighted by atomic mass is 35.5. The van der Waals surface area contributed by atoms with Crippen LogP contribution in [0.4, 0.5) is 0 Å². The Morgan fingerprint density at radius 3 is 2.82 bits per heavy atom. The second-order valence-corrected chi connectivity index (χ2v) is 8.60. The van der Waals surface area contributed by atoms with Crippen molar-refractivity contribution in [2.75, 3.05) is 13.1 Å². The zero-order valence-corrected chi connectivity index (χ0v) is 16.8. The van der Waals surface area contributed by atoms with Gasteiger partial charge in [-0.15, -0.1) is 21.5 Å². The van der Waals surface area contributed by atoms with Crippen LogP contribution in [0.1, 0.15) is 29.7 Å². The van der Waals surface area contributed by atoms with E-state index in [9.17, 15) is 0 Å². The summed E-state index contributed by atoms with van der Waals surface area (Å²) in [5, 5.41) is 10.4. The van der Waals surface area contributed by atoms with Gasteiger partial charge >= 0.3 is 0 Å². The molecule has 3 heterocycles. The fraction of sp³-hybridized carbons (Fsp3) is 0.286. The molecule has 1 atom stereocenters. The van der Waals surface area contributed by atoms with Crippen LogP contribution >= 0.6 is 22.9 Å². The van der Waals surface area contributed by atoms with Gasteiger partial charge in [0.2, 0.25) is 11.8 Å². The number of thiazole rings is 1. The van der Waals surface area contributed by atoms with Gasteiger partial charge in [0.05, 0.1) is 21.8 Å². The minimum atomic E-state index is 0.463. The lowest BCUT2D eigenvalue weighted by Crippen LogP contribution is -2.33. The molecule has 1 aliphatic rings. The van der Waals surface area contributed by atoms with E-state index >= 15 is 0 Å². The molecule has 28 heavy (non-hydrogen) atoms. The molecule has 1 aliphatic heterocycles. The second-order valence-electron chi connectivity index (χ2n) is 7.10. The molecular formula is C21H19ClN4OS. The van der Waals surface area contributed by atoms with E-state index in [2.05, 4.69) is 33.3 Å². The summed E-state index contributed by atoms with van der Waals surface area (Å²) in [5.74, 6) is 1.64. The number of nitrogens with zero attached hydrogens (tertiary/aromatic N) is 4. The number of fused-ring (bicyclic) bond motifs is 1. The Morgan fingerprint density at radius 1 is 1.11 bits per heavy atom. The van der Waals surface area contributed by atoms with E-state index in [1.165, 1.54) is 16.1 Å². The monoisotopic (exact) mass is 410 g/mol.